The fourth-order valence-electron chi connectivity index (χ4n) is 4.39. The molecule has 2 aliphatic rings. The zero-order chi connectivity index (χ0) is 19.6. The quantitative estimate of drug-likeness (QED) is 0.523. The molecule has 4 nitrogen and oxygen atoms in total. The summed E-state index contributed by atoms with van der Waals surface area (Å²) in [6.45, 7) is -0.0908. The summed E-state index contributed by atoms with van der Waals surface area (Å²) in [6, 6.07) is 24.7. The van der Waals surface area contributed by atoms with Gasteiger partial charge in [0.15, 0.2) is 6.61 Å². The molecule has 0 aromatic heterocycles. The number of benzene rings is 3. The fourth-order valence-corrected chi connectivity index (χ4v) is 4.39. The maximum atomic E-state index is 12.5. The number of fused-ring (bicyclic) bond motifs is 4. The van der Waals surface area contributed by atoms with E-state index < -0.39 is 0 Å². The Balaban J connectivity index is 1.29. The molecular formula is C25H22N2O2. The molecule has 0 saturated carbocycles. The average molecular weight is 382 g/mol. The number of amides is 1. The van der Waals surface area contributed by atoms with E-state index in [0.717, 1.165) is 47.2 Å². The van der Waals surface area contributed by atoms with Crippen LogP contribution in [0.5, 0.6) is 0 Å². The first kappa shape index (κ1) is 17.7. The Morgan fingerprint density at radius 1 is 0.897 bits per heavy atom. The number of nitrogens with zero attached hydrogens (tertiary/aromatic N) is 1. The highest BCUT2D eigenvalue weighted by molar-refractivity contribution is 6.24. The second-order valence-electron chi connectivity index (χ2n) is 7.52. The number of hydrogen-bond donors (Lipinski definition) is 1. The molecule has 0 unspecified atom stereocenters. The molecule has 3 aromatic rings. The molecule has 0 heterocycles. The predicted molar refractivity (Wildman–Crippen MR) is 114 cm³/mol. The summed E-state index contributed by atoms with van der Waals surface area (Å²) in [5.74, 6) is -0.143. The number of hydrogen-bond acceptors (Lipinski definition) is 3. The molecule has 5 rings (SSSR count). The number of nitrogens with one attached hydrogen (secondary N) is 1. The Morgan fingerprint density at radius 3 is 2.24 bits per heavy atom. The highest BCUT2D eigenvalue weighted by Gasteiger charge is 2.25. The summed E-state index contributed by atoms with van der Waals surface area (Å²) < 4.78 is 0. The number of oxime groups is 1. The molecule has 0 aliphatic heterocycles. The van der Waals surface area contributed by atoms with Crippen LogP contribution in [0.2, 0.25) is 0 Å². The van der Waals surface area contributed by atoms with E-state index in [1.807, 2.05) is 42.5 Å². The second-order valence-corrected chi connectivity index (χ2v) is 7.52. The van der Waals surface area contributed by atoms with E-state index >= 15 is 0 Å². The monoisotopic (exact) mass is 382 g/mol. The average Bonchev–Trinajstić information content (AvgIpc) is 3.08. The Bertz CT molecular complexity index is 1060. The van der Waals surface area contributed by atoms with Crippen LogP contribution in [0, 0.1) is 0 Å². The van der Waals surface area contributed by atoms with Gasteiger partial charge in [0.2, 0.25) is 0 Å². The minimum absolute atomic E-state index is 0.0524. The van der Waals surface area contributed by atoms with Crippen molar-refractivity contribution in [2.45, 2.75) is 25.3 Å². The van der Waals surface area contributed by atoms with E-state index in [0.29, 0.717) is 0 Å². The third kappa shape index (κ3) is 3.31. The van der Waals surface area contributed by atoms with Crippen LogP contribution in [0.1, 0.15) is 41.1 Å². The van der Waals surface area contributed by atoms with Gasteiger partial charge in [-0.3, -0.25) is 4.79 Å². The number of carbonyl (C=O) groups is 1. The normalized spacial score (nSPS) is 16.4. The smallest absolute Gasteiger partial charge is 0.261 e. The molecule has 0 fully saturated rings. The summed E-state index contributed by atoms with van der Waals surface area (Å²) in [4.78, 5) is 18.0. The van der Waals surface area contributed by atoms with Gasteiger partial charge in [0, 0.05) is 11.1 Å². The molecule has 1 atom stereocenters. The van der Waals surface area contributed by atoms with Crippen molar-refractivity contribution in [3.8, 4) is 11.1 Å². The zero-order valence-corrected chi connectivity index (χ0v) is 16.1. The Hall–Kier alpha value is -3.40. The van der Waals surface area contributed by atoms with Crippen molar-refractivity contribution in [2.24, 2.45) is 5.16 Å². The van der Waals surface area contributed by atoms with Gasteiger partial charge in [-0.1, -0.05) is 78.0 Å². The number of aryl methyl sites for hydroxylation is 1. The molecule has 3 aromatic carbocycles. The first-order valence-corrected chi connectivity index (χ1v) is 10.1. The van der Waals surface area contributed by atoms with Crippen LogP contribution in [0.4, 0.5) is 0 Å². The van der Waals surface area contributed by atoms with Crippen molar-refractivity contribution >= 4 is 11.6 Å². The van der Waals surface area contributed by atoms with E-state index in [1.54, 1.807) is 0 Å². The number of carbonyl (C=O) groups excluding carboxylic acids is 1. The third-order valence-electron chi connectivity index (χ3n) is 5.71. The topological polar surface area (TPSA) is 50.7 Å². The Kier molecular flexibility index (Phi) is 4.60. The molecule has 1 N–H and O–H groups in total. The zero-order valence-electron chi connectivity index (χ0n) is 16.1. The minimum atomic E-state index is -0.143. The molecule has 4 heteroatoms. The van der Waals surface area contributed by atoms with E-state index in [4.69, 9.17) is 4.84 Å². The predicted octanol–water partition coefficient (Wildman–Crippen LogP) is 4.63. The lowest BCUT2D eigenvalue weighted by molar-refractivity contribution is -0.126. The molecule has 0 bridgehead atoms. The molecule has 0 saturated heterocycles. The van der Waals surface area contributed by atoms with Gasteiger partial charge < -0.3 is 10.2 Å². The molecule has 144 valence electrons. The van der Waals surface area contributed by atoms with Crippen LogP contribution in [0.3, 0.4) is 0 Å². The van der Waals surface area contributed by atoms with Crippen LogP contribution >= 0.6 is 0 Å². The maximum absolute atomic E-state index is 12.5. The molecule has 0 radical (unpaired) electrons. The van der Waals surface area contributed by atoms with Crippen molar-refractivity contribution in [1.29, 1.82) is 0 Å². The molecule has 1 amide bonds. The SMILES string of the molecule is O=C(CON=C1c2ccccc2-c2ccccc21)N[C@H]1CCCc2ccccc21. The summed E-state index contributed by atoms with van der Waals surface area (Å²) >= 11 is 0. The van der Waals surface area contributed by atoms with Gasteiger partial charge in [0.25, 0.3) is 5.91 Å². The van der Waals surface area contributed by atoms with Crippen molar-refractivity contribution < 1.29 is 9.63 Å². The molecular weight excluding hydrogens is 360 g/mol. The first-order valence-electron chi connectivity index (χ1n) is 10.1. The lowest BCUT2D eigenvalue weighted by atomic mass is 9.88. The summed E-state index contributed by atoms with van der Waals surface area (Å²) in [5.41, 5.74) is 7.70. The van der Waals surface area contributed by atoms with E-state index in [9.17, 15) is 4.79 Å². The lowest BCUT2D eigenvalue weighted by Crippen LogP contribution is -2.33. The van der Waals surface area contributed by atoms with E-state index in [-0.39, 0.29) is 18.6 Å². The summed E-state index contributed by atoms with van der Waals surface area (Å²) in [7, 11) is 0. The van der Waals surface area contributed by atoms with Gasteiger partial charge in [-0.05, 0) is 41.5 Å². The van der Waals surface area contributed by atoms with E-state index in [2.05, 4.69) is 40.8 Å². The minimum Gasteiger partial charge on any atom is -0.385 e. The molecule has 29 heavy (non-hydrogen) atoms. The van der Waals surface area contributed by atoms with Crippen molar-refractivity contribution in [3.63, 3.8) is 0 Å². The highest BCUT2D eigenvalue weighted by Crippen LogP contribution is 2.36. The summed E-state index contributed by atoms with van der Waals surface area (Å²) in [5, 5.41) is 7.44. The van der Waals surface area contributed by atoms with Crippen LogP contribution in [0.25, 0.3) is 11.1 Å². The van der Waals surface area contributed by atoms with Gasteiger partial charge in [0.1, 0.15) is 5.71 Å². The number of rotatable bonds is 4. The Labute approximate surface area is 170 Å². The molecule has 2 aliphatic carbocycles. The van der Waals surface area contributed by atoms with Crippen molar-refractivity contribution in [3.05, 3.63) is 95.1 Å². The van der Waals surface area contributed by atoms with Gasteiger partial charge in [-0.2, -0.15) is 0 Å². The standard InChI is InChI=1S/C25H22N2O2/c28-24(26-23-15-7-9-17-8-1-2-10-18(17)23)16-29-27-25-21-13-5-3-11-19(21)20-12-4-6-14-22(20)25/h1-6,8,10-14,23H,7,9,15-16H2,(H,26,28)/t23-/m0/s1. The van der Waals surface area contributed by atoms with E-state index in [1.165, 1.54) is 11.1 Å². The van der Waals surface area contributed by atoms with Gasteiger partial charge in [-0.15, -0.1) is 0 Å². The third-order valence-corrected chi connectivity index (χ3v) is 5.71. The second kappa shape index (κ2) is 7.55. The Morgan fingerprint density at radius 2 is 1.52 bits per heavy atom. The maximum Gasteiger partial charge on any atom is 0.261 e. The lowest BCUT2D eigenvalue weighted by Gasteiger charge is -2.26. The fraction of sp³-hybridized carbons (Fsp3) is 0.200. The van der Waals surface area contributed by atoms with Crippen molar-refractivity contribution in [1.82, 2.24) is 5.32 Å². The van der Waals surface area contributed by atoms with Gasteiger partial charge >= 0.3 is 0 Å². The van der Waals surface area contributed by atoms with Crippen molar-refractivity contribution in [2.75, 3.05) is 6.61 Å². The van der Waals surface area contributed by atoms with Gasteiger partial charge in [-0.25, -0.2) is 0 Å². The summed E-state index contributed by atoms with van der Waals surface area (Å²) in [6.07, 6.45) is 3.11. The highest BCUT2D eigenvalue weighted by atomic mass is 16.6. The largest absolute Gasteiger partial charge is 0.385 e. The first-order chi connectivity index (χ1) is 14.3. The van der Waals surface area contributed by atoms with Crippen LogP contribution in [-0.2, 0) is 16.1 Å². The van der Waals surface area contributed by atoms with Crippen LogP contribution in [0.15, 0.2) is 78.0 Å². The van der Waals surface area contributed by atoms with Gasteiger partial charge in [0.05, 0.1) is 6.04 Å². The van der Waals surface area contributed by atoms with Crippen LogP contribution in [-0.4, -0.2) is 18.2 Å². The van der Waals surface area contributed by atoms with Crippen LogP contribution < -0.4 is 5.32 Å². The molecule has 0 spiro atoms.